The van der Waals surface area contributed by atoms with Crippen molar-refractivity contribution in [1.29, 1.82) is 0 Å². The summed E-state index contributed by atoms with van der Waals surface area (Å²) in [6.07, 6.45) is 0. The molecule has 0 spiro atoms. The molecule has 0 aliphatic heterocycles. The second-order valence-corrected chi connectivity index (χ2v) is 5.51. The molecule has 0 fully saturated rings. The number of rotatable bonds is 7. The first-order chi connectivity index (χ1) is 11.0. The predicted molar refractivity (Wildman–Crippen MR) is 95.1 cm³/mol. The van der Waals surface area contributed by atoms with Gasteiger partial charge in [-0.2, -0.15) is 0 Å². The van der Waals surface area contributed by atoms with Crippen LogP contribution in [0.15, 0.2) is 66.7 Å². The van der Waals surface area contributed by atoms with E-state index in [0.29, 0.717) is 6.61 Å². The molecule has 23 heavy (non-hydrogen) atoms. The SMILES string of the molecule is C=C(C)COc1ccc(NC(=O)CN(C)c2ccccc2)cc1. The molecule has 1 amide bonds. The van der Waals surface area contributed by atoms with Crippen molar-refractivity contribution in [3.05, 3.63) is 66.7 Å². The van der Waals surface area contributed by atoms with Crippen LogP contribution >= 0.6 is 0 Å². The van der Waals surface area contributed by atoms with E-state index in [9.17, 15) is 4.79 Å². The zero-order valence-electron chi connectivity index (χ0n) is 13.6. The van der Waals surface area contributed by atoms with Crippen molar-refractivity contribution >= 4 is 17.3 Å². The van der Waals surface area contributed by atoms with Crippen molar-refractivity contribution in [3.8, 4) is 5.75 Å². The fraction of sp³-hybridized carbons (Fsp3) is 0.211. The van der Waals surface area contributed by atoms with Crippen molar-refractivity contribution in [3.63, 3.8) is 0 Å². The van der Waals surface area contributed by atoms with E-state index in [4.69, 9.17) is 4.74 Å². The van der Waals surface area contributed by atoms with Crippen molar-refractivity contribution < 1.29 is 9.53 Å². The van der Waals surface area contributed by atoms with Gasteiger partial charge in [-0.3, -0.25) is 4.79 Å². The second kappa shape index (κ2) is 8.03. The van der Waals surface area contributed by atoms with E-state index in [2.05, 4.69) is 11.9 Å². The average molecular weight is 310 g/mol. The number of carbonyl (C=O) groups excluding carboxylic acids is 1. The summed E-state index contributed by atoms with van der Waals surface area (Å²) >= 11 is 0. The highest BCUT2D eigenvalue weighted by Crippen LogP contribution is 2.16. The Morgan fingerprint density at radius 2 is 1.78 bits per heavy atom. The molecule has 0 aliphatic carbocycles. The lowest BCUT2D eigenvalue weighted by molar-refractivity contribution is -0.114. The molecule has 0 saturated heterocycles. The summed E-state index contributed by atoms with van der Waals surface area (Å²) in [5, 5.41) is 2.88. The number of amides is 1. The summed E-state index contributed by atoms with van der Waals surface area (Å²) in [5.41, 5.74) is 2.72. The summed E-state index contributed by atoms with van der Waals surface area (Å²) < 4.78 is 5.53. The number of para-hydroxylation sites is 1. The summed E-state index contributed by atoms with van der Waals surface area (Å²) in [6, 6.07) is 17.1. The number of nitrogens with zero attached hydrogens (tertiary/aromatic N) is 1. The van der Waals surface area contributed by atoms with Gasteiger partial charge in [-0.05, 0) is 48.9 Å². The van der Waals surface area contributed by atoms with Crippen LogP contribution in [0, 0.1) is 0 Å². The molecule has 4 nitrogen and oxygen atoms in total. The van der Waals surface area contributed by atoms with E-state index >= 15 is 0 Å². The van der Waals surface area contributed by atoms with Crippen LogP contribution in [0.4, 0.5) is 11.4 Å². The Morgan fingerprint density at radius 1 is 1.13 bits per heavy atom. The van der Waals surface area contributed by atoms with Gasteiger partial charge in [0.05, 0.1) is 6.54 Å². The molecule has 0 bridgehead atoms. The minimum atomic E-state index is -0.0630. The smallest absolute Gasteiger partial charge is 0.243 e. The van der Waals surface area contributed by atoms with E-state index in [-0.39, 0.29) is 12.5 Å². The molecule has 2 rings (SSSR count). The van der Waals surface area contributed by atoms with Gasteiger partial charge in [-0.1, -0.05) is 24.8 Å². The lowest BCUT2D eigenvalue weighted by Gasteiger charge is -2.18. The van der Waals surface area contributed by atoms with Gasteiger partial charge in [0, 0.05) is 18.4 Å². The van der Waals surface area contributed by atoms with Crippen LogP contribution in [0.1, 0.15) is 6.92 Å². The third kappa shape index (κ3) is 5.51. The highest BCUT2D eigenvalue weighted by atomic mass is 16.5. The zero-order chi connectivity index (χ0) is 16.7. The predicted octanol–water partition coefficient (Wildman–Crippen LogP) is 3.72. The quantitative estimate of drug-likeness (QED) is 0.793. The highest BCUT2D eigenvalue weighted by Gasteiger charge is 2.07. The molecule has 0 aromatic heterocycles. The number of anilines is 2. The van der Waals surface area contributed by atoms with E-state index in [0.717, 1.165) is 22.7 Å². The van der Waals surface area contributed by atoms with Gasteiger partial charge in [0.1, 0.15) is 12.4 Å². The largest absolute Gasteiger partial charge is 0.489 e. The Morgan fingerprint density at radius 3 is 2.39 bits per heavy atom. The third-order valence-electron chi connectivity index (χ3n) is 3.20. The fourth-order valence-corrected chi connectivity index (χ4v) is 2.03. The van der Waals surface area contributed by atoms with Gasteiger partial charge in [0.15, 0.2) is 0 Å². The first-order valence-corrected chi connectivity index (χ1v) is 7.48. The Kier molecular flexibility index (Phi) is 5.80. The molecule has 4 heteroatoms. The van der Waals surface area contributed by atoms with Crippen LogP contribution in [0.25, 0.3) is 0 Å². The van der Waals surface area contributed by atoms with Crippen LogP contribution in [-0.2, 0) is 4.79 Å². The van der Waals surface area contributed by atoms with E-state index in [1.54, 1.807) is 0 Å². The van der Waals surface area contributed by atoms with E-state index < -0.39 is 0 Å². The molecule has 1 N–H and O–H groups in total. The van der Waals surface area contributed by atoms with Gasteiger partial charge >= 0.3 is 0 Å². The topological polar surface area (TPSA) is 41.6 Å². The average Bonchev–Trinajstić information content (AvgIpc) is 2.55. The number of ether oxygens (including phenoxy) is 1. The molecule has 2 aromatic carbocycles. The van der Waals surface area contributed by atoms with Crippen LogP contribution in [-0.4, -0.2) is 26.1 Å². The molecule has 0 radical (unpaired) electrons. The van der Waals surface area contributed by atoms with Crippen molar-refractivity contribution in [2.75, 3.05) is 30.4 Å². The van der Waals surface area contributed by atoms with Crippen molar-refractivity contribution in [2.24, 2.45) is 0 Å². The van der Waals surface area contributed by atoms with Gasteiger partial charge in [0.25, 0.3) is 0 Å². The normalized spacial score (nSPS) is 10.0. The molecule has 0 atom stereocenters. The monoisotopic (exact) mass is 310 g/mol. The van der Waals surface area contributed by atoms with Gasteiger partial charge in [-0.25, -0.2) is 0 Å². The van der Waals surface area contributed by atoms with Crippen LogP contribution < -0.4 is 15.0 Å². The maximum Gasteiger partial charge on any atom is 0.243 e. The summed E-state index contributed by atoms with van der Waals surface area (Å²) in [4.78, 5) is 14.0. The van der Waals surface area contributed by atoms with Crippen molar-refractivity contribution in [1.82, 2.24) is 0 Å². The molecule has 0 aliphatic rings. The second-order valence-electron chi connectivity index (χ2n) is 5.51. The van der Waals surface area contributed by atoms with Crippen LogP contribution in [0.5, 0.6) is 5.75 Å². The lowest BCUT2D eigenvalue weighted by Crippen LogP contribution is -2.29. The van der Waals surface area contributed by atoms with Crippen molar-refractivity contribution in [2.45, 2.75) is 6.92 Å². The molecule has 0 saturated carbocycles. The van der Waals surface area contributed by atoms with Crippen LogP contribution in [0.3, 0.4) is 0 Å². The Labute approximate surface area is 137 Å². The number of nitrogens with one attached hydrogen (secondary N) is 1. The first-order valence-electron chi connectivity index (χ1n) is 7.48. The first kappa shape index (κ1) is 16.6. The Balaban J connectivity index is 1.86. The highest BCUT2D eigenvalue weighted by molar-refractivity contribution is 5.94. The summed E-state index contributed by atoms with van der Waals surface area (Å²) in [6.45, 7) is 6.49. The van der Waals surface area contributed by atoms with Gasteiger partial charge in [-0.15, -0.1) is 0 Å². The number of benzene rings is 2. The van der Waals surface area contributed by atoms with E-state index in [1.807, 2.05) is 73.5 Å². The number of hydrogen-bond donors (Lipinski definition) is 1. The maximum atomic E-state index is 12.1. The number of hydrogen-bond acceptors (Lipinski definition) is 3. The fourth-order valence-electron chi connectivity index (χ4n) is 2.03. The third-order valence-corrected chi connectivity index (χ3v) is 3.20. The number of carbonyl (C=O) groups is 1. The minimum Gasteiger partial charge on any atom is -0.489 e. The molecule has 0 unspecified atom stereocenters. The standard InChI is InChI=1S/C19H22N2O2/c1-15(2)14-23-18-11-9-16(10-12-18)20-19(22)13-21(3)17-7-5-4-6-8-17/h4-12H,1,13-14H2,2-3H3,(H,20,22). The molecular weight excluding hydrogens is 288 g/mol. The van der Waals surface area contributed by atoms with Gasteiger partial charge < -0.3 is 15.0 Å². The molecular formula is C19H22N2O2. The molecule has 120 valence electrons. The lowest BCUT2D eigenvalue weighted by atomic mass is 10.3. The maximum absolute atomic E-state index is 12.1. The van der Waals surface area contributed by atoms with Gasteiger partial charge in [0.2, 0.25) is 5.91 Å². The summed E-state index contributed by atoms with van der Waals surface area (Å²) in [5.74, 6) is 0.694. The molecule has 0 heterocycles. The summed E-state index contributed by atoms with van der Waals surface area (Å²) in [7, 11) is 1.89. The Bertz CT molecular complexity index is 651. The number of likely N-dealkylation sites (N-methyl/N-ethyl adjacent to an activating group) is 1. The zero-order valence-corrected chi connectivity index (χ0v) is 13.6. The Hall–Kier alpha value is -2.75. The minimum absolute atomic E-state index is 0.0630. The molecule has 2 aromatic rings. The van der Waals surface area contributed by atoms with E-state index in [1.165, 1.54) is 0 Å². The van der Waals surface area contributed by atoms with Crippen LogP contribution in [0.2, 0.25) is 0 Å².